The van der Waals surface area contributed by atoms with Crippen LogP contribution in [-0.4, -0.2) is 24.8 Å². The first-order chi connectivity index (χ1) is 7.68. The zero-order chi connectivity index (χ0) is 11.6. The molecule has 1 atom stereocenters. The Morgan fingerprint density at radius 1 is 1.31 bits per heavy atom. The number of halogens is 2. The summed E-state index contributed by atoms with van der Waals surface area (Å²) < 4.78 is 0. The van der Waals surface area contributed by atoms with Gasteiger partial charge in [0.05, 0.1) is 16.7 Å². The average molecular weight is 260 g/mol. The van der Waals surface area contributed by atoms with E-state index in [0.717, 1.165) is 31.5 Å². The molecule has 0 radical (unpaired) electrons. The first kappa shape index (κ1) is 12.2. The predicted octanol–water partition coefficient (Wildman–Crippen LogP) is 2.61. The van der Waals surface area contributed by atoms with Gasteiger partial charge in [-0.2, -0.15) is 0 Å². The molecule has 1 heterocycles. The number of piperidine rings is 1. The SMILES string of the molecule is OC[C@]1(c2ccc(Cl)c(Cl)c2)CCCNC1. The van der Waals surface area contributed by atoms with E-state index in [0.29, 0.717) is 10.0 Å². The van der Waals surface area contributed by atoms with Gasteiger partial charge >= 0.3 is 0 Å². The molecule has 1 aromatic rings. The summed E-state index contributed by atoms with van der Waals surface area (Å²) in [6.45, 7) is 1.95. The molecule has 1 fully saturated rings. The summed E-state index contributed by atoms with van der Waals surface area (Å²) in [7, 11) is 0. The van der Waals surface area contributed by atoms with E-state index in [-0.39, 0.29) is 12.0 Å². The second-order valence-electron chi connectivity index (χ2n) is 4.35. The molecule has 1 aliphatic rings. The Labute approximate surface area is 106 Å². The van der Waals surface area contributed by atoms with Gasteiger partial charge in [-0.3, -0.25) is 0 Å². The van der Waals surface area contributed by atoms with Crippen LogP contribution in [0.4, 0.5) is 0 Å². The van der Waals surface area contributed by atoms with Gasteiger partial charge in [0.25, 0.3) is 0 Å². The van der Waals surface area contributed by atoms with Crippen LogP contribution in [0, 0.1) is 0 Å². The smallest absolute Gasteiger partial charge is 0.0595 e. The Morgan fingerprint density at radius 3 is 2.69 bits per heavy atom. The third kappa shape index (κ3) is 2.21. The molecule has 1 saturated heterocycles. The predicted molar refractivity (Wildman–Crippen MR) is 67.3 cm³/mol. The van der Waals surface area contributed by atoms with Gasteiger partial charge in [0, 0.05) is 12.0 Å². The lowest BCUT2D eigenvalue weighted by atomic mass is 9.75. The topological polar surface area (TPSA) is 32.3 Å². The van der Waals surface area contributed by atoms with Crippen LogP contribution in [0.15, 0.2) is 18.2 Å². The van der Waals surface area contributed by atoms with E-state index < -0.39 is 0 Å². The van der Waals surface area contributed by atoms with Crippen molar-refractivity contribution in [2.24, 2.45) is 0 Å². The third-order valence-electron chi connectivity index (χ3n) is 3.31. The maximum absolute atomic E-state index is 9.64. The molecule has 0 unspecified atom stereocenters. The monoisotopic (exact) mass is 259 g/mol. The zero-order valence-corrected chi connectivity index (χ0v) is 10.5. The molecule has 0 saturated carbocycles. The van der Waals surface area contributed by atoms with Gasteiger partial charge in [0.15, 0.2) is 0 Å². The highest BCUT2D eigenvalue weighted by Gasteiger charge is 2.33. The van der Waals surface area contributed by atoms with Crippen molar-refractivity contribution in [2.75, 3.05) is 19.7 Å². The van der Waals surface area contributed by atoms with Gasteiger partial charge < -0.3 is 10.4 Å². The molecule has 1 aliphatic heterocycles. The molecule has 0 aliphatic carbocycles. The Kier molecular flexibility index (Phi) is 3.75. The zero-order valence-electron chi connectivity index (χ0n) is 8.97. The van der Waals surface area contributed by atoms with Crippen LogP contribution in [0.2, 0.25) is 10.0 Å². The first-order valence-corrected chi connectivity index (χ1v) is 6.21. The normalized spacial score (nSPS) is 25.7. The number of rotatable bonds is 2. The van der Waals surface area contributed by atoms with Crippen molar-refractivity contribution in [1.29, 1.82) is 0 Å². The minimum Gasteiger partial charge on any atom is -0.395 e. The molecule has 2 N–H and O–H groups in total. The molecule has 88 valence electrons. The molecule has 2 nitrogen and oxygen atoms in total. The number of hydrogen-bond donors (Lipinski definition) is 2. The van der Waals surface area contributed by atoms with Crippen molar-refractivity contribution in [3.8, 4) is 0 Å². The van der Waals surface area contributed by atoms with Crippen LogP contribution in [0.1, 0.15) is 18.4 Å². The van der Waals surface area contributed by atoms with Crippen molar-refractivity contribution in [3.63, 3.8) is 0 Å². The summed E-state index contributed by atoms with van der Waals surface area (Å²) >= 11 is 11.9. The lowest BCUT2D eigenvalue weighted by Crippen LogP contribution is -2.45. The first-order valence-electron chi connectivity index (χ1n) is 5.45. The molecule has 2 rings (SSSR count). The summed E-state index contributed by atoms with van der Waals surface area (Å²) in [5, 5.41) is 14.1. The fraction of sp³-hybridized carbons (Fsp3) is 0.500. The Morgan fingerprint density at radius 2 is 2.12 bits per heavy atom. The molecule has 0 aromatic heterocycles. The summed E-state index contributed by atoms with van der Waals surface area (Å²) in [4.78, 5) is 0. The van der Waals surface area contributed by atoms with Gasteiger partial charge in [-0.25, -0.2) is 0 Å². The van der Waals surface area contributed by atoms with E-state index in [1.165, 1.54) is 0 Å². The summed E-state index contributed by atoms with van der Waals surface area (Å²) in [5.41, 5.74) is 0.864. The van der Waals surface area contributed by atoms with E-state index in [1.54, 1.807) is 6.07 Å². The van der Waals surface area contributed by atoms with Gasteiger partial charge in [-0.1, -0.05) is 29.3 Å². The van der Waals surface area contributed by atoms with Crippen LogP contribution < -0.4 is 5.32 Å². The van der Waals surface area contributed by atoms with E-state index in [9.17, 15) is 5.11 Å². The van der Waals surface area contributed by atoms with Crippen molar-refractivity contribution < 1.29 is 5.11 Å². The summed E-state index contributed by atoms with van der Waals surface area (Å²) in [6.07, 6.45) is 2.05. The van der Waals surface area contributed by atoms with Crippen LogP contribution in [0.3, 0.4) is 0 Å². The third-order valence-corrected chi connectivity index (χ3v) is 4.05. The maximum atomic E-state index is 9.64. The van der Waals surface area contributed by atoms with Gasteiger partial charge in [0.1, 0.15) is 0 Å². The van der Waals surface area contributed by atoms with Gasteiger partial charge in [0.2, 0.25) is 0 Å². The number of benzene rings is 1. The highest BCUT2D eigenvalue weighted by atomic mass is 35.5. The quantitative estimate of drug-likeness (QED) is 0.856. The summed E-state index contributed by atoms with van der Waals surface area (Å²) in [5.74, 6) is 0. The molecular formula is C12H15Cl2NO. The largest absolute Gasteiger partial charge is 0.395 e. The standard InChI is InChI=1S/C12H15Cl2NO/c13-10-3-2-9(6-11(10)14)12(8-16)4-1-5-15-7-12/h2-3,6,15-16H,1,4-5,7-8H2/t12-/m0/s1. The highest BCUT2D eigenvalue weighted by Crippen LogP contribution is 2.34. The summed E-state index contributed by atoms with van der Waals surface area (Å²) in [6, 6.07) is 5.62. The Bertz CT molecular complexity index is 375. The fourth-order valence-electron chi connectivity index (χ4n) is 2.27. The van der Waals surface area contributed by atoms with Crippen molar-refractivity contribution in [2.45, 2.75) is 18.3 Å². The number of aliphatic hydroxyl groups is 1. The van der Waals surface area contributed by atoms with Crippen molar-refractivity contribution in [1.82, 2.24) is 5.32 Å². The second-order valence-corrected chi connectivity index (χ2v) is 5.16. The Balaban J connectivity index is 2.35. The minimum absolute atomic E-state index is 0.137. The Hall–Kier alpha value is -0.280. The number of nitrogens with one attached hydrogen (secondary N) is 1. The van der Waals surface area contributed by atoms with Crippen LogP contribution in [0.25, 0.3) is 0 Å². The van der Waals surface area contributed by atoms with Crippen LogP contribution >= 0.6 is 23.2 Å². The number of hydrogen-bond acceptors (Lipinski definition) is 2. The second kappa shape index (κ2) is 4.92. The molecule has 1 aromatic carbocycles. The molecule has 4 heteroatoms. The highest BCUT2D eigenvalue weighted by molar-refractivity contribution is 6.42. The van der Waals surface area contributed by atoms with E-state index >= 15 is 0 Å². The van der Waals surface area contributed by atoms with Crippen LogP contribution in [-0.2, 0) is 5.41 Å². The molecule has 0 bridgehead atoms. The average Bonchev–Trinajstić information content (AvgIpc) is 2.33. The minimum atomic E-state index is -0.202. The molecule has 0 spiro atoms. The van der Waals surface area contributed by atoms with Gasteiger partial charge in [-0.05, 0) is 37.1 Å². The number of aliphatic hydroxyl groups excluding tert-OH is 1. The maximum Gasteiger partial charge on any atom is 0.0595 e. The lowest BCUT2D eigenvalue weighted by Gasteiger charge is -2.36. The van der Waals surface area contributed by atoms with Gasteiger partial charge in [-0.15, -0.1) is 0 Å². The molecular weight excluding hydrogens is 245 g/mol. The van der Waals surface area contributed by atoms with Crippen LogP contribution in [0.5, 0.6) is 0 Å². The van der Waals surface area contributed by atoms with E-state index in [2.05, 4.69) is 5.32 Å². The molecule has 16 heavy (non-hydrogen) atoms. The fourth-order valence-corrected chi connectivity index (χ4v) is 2.56. The molecule has 0 amide bonds. The van der Waals surface area contributed by atoms with Crippen molar-refractivity contribution in [3.05, 3.63) is 33.8 Å². The van der Waals surface area contributed by atoms with E-state index in [4.69, 9.17) is 23.2 Å². The lowest BCUT2D eigenvalue weighted by molar-refractivity contribution is 0.162. The van der Waals surface area contributed by atoms with Crippen molar-refractivity contribution >= 4 is 23.2 Å². The van der Waals surface area contributed by atoms with E-state index in [1.807, 2.05) is 12.1 Å².